The number of amides is 1. The number of piperidine rings is 1. The molecule has 2 aliphatic rings. The van der Waals surface area contributed by atoms with Crippen molar-refractivity contribution < 1.29 is 4.79 Å². The molecular formula is C14H28ClN3O. The van der Waals surface area contributed by atoms with E-state index >= 15 is 0 Å². The maximum Gasteiger partial charge on any atom is 0.240 e. The van der Waals surface area contributed by atoms with Crippen molar-refractivity contribution in [2.45, 2.75) is 70.0 Å². The summed E-state index contributed by atoms with van der Waals surface area (Å²) in [4.78, 5) is 14.7. The van der Waals surface area contributed by atoms with Crippen molar-refractivity contribution in [3.05, 3.63) is 0 Å². The molecule has 19 heavy (non-hydrogen) atoms. The zero-order valence-corrected chi connectivity index (χ0v) is 13.0. The van der Waals surface area contributed by atoms with Gasteiger partial charge in [-0.3, -0.25) is 4.79 Å². The largest absolute Gasteiger partial charge is 0.352 e. The van der Waals surface area contributed by atoms with Crippen LogP contribution < -0.4 is 11.1 Å². The quantitative estimate of drug-likeness (QED) is 0.831. The molecule has 0 bridgehead atoms. The second-order valence-corrected chi connectivity index (χ2v) is 6.24. The molecule has 0 spiro atoms. The van der Waals surface area contributed by atoms with Gasteiger partial charge in [0, 0.05) is 25.2 Å². The average Bonchev–Trinajstić information content (AvgIpc) is 2.78. The fourth-order valence-corrected chi connectivity index (χ4v) is 3.12. The number of rotatable bonds is 3. The highest BCUT2D eigenvalue weighted by Gasteiger charge is 2.38. The van der Waals surface area contributed by atoms with Gasteiger partial charge < -0.3 is 16.0 Å². The van der Waals surface area contributed by atoms with E-state index in [1.165, 1.54) is 0 Å². The summed E-state index contributed by atoms with van der Waals surface area (Å²) in [7, 11) is 0. The van der Waals surface area contributed by atoms with Crippen LogP contribution >= 0.6 is 12.4 Å². The molecule has 0 atom stereocenters. The van der Waals surface area contributed by atoms with Crippen molar-refractivity contribution in [3.8, 4) is 0 Å². The molecule has 0 radical (unpaired) electrons. The summed E-state index contributed by atoms with van der Waals surface area (Å²) in [5, 5.41) is 3.17. The third kappa shape index (κ3) is 4.07. The van der Waals surface area contributed by atoms with Gasteiger partial charge in [0.25, 0.3) is 0 Å². The van der Waals surface area contributed by atoms with Crippen LogP contribution in [0.5, 0.6) is 0 Å². The van der Waals surface area contributed by atoms with Crippen molar-refractivity contribution in [1.29, 1.82) is 0 Å². The lowest BCUT2D eigenvalue weighted by Crippen LogP contribution is -2.56. The second-order valence-electron chi connectivity index (χ2n) is 6.24. The predicted molar refractivity (Wildman–Crippen MR) is 80.5 cm³/mol. The number of carbonyl (C=O) groups is 1. The van der Waals surface area contributed by atoms with Crippen LogP contribution in [-0.2, 0) is 4.79 Å². The Bertz CT molecular complexity index is 295. The molecule has 3 N–H and O–H groups in total. The van der Waals surface area contributed by atoms with Crippen molar-refractivity contribution in [2.24, 2.45) is 5.73 Å². The van der Waals surface area contributed by atoms with Gasteiger partial charge in [0.1, 0.15) is 0 Å². The highest BCUT2D eigenvalue weighted by molar-refractivity contribution is 5.86. The van der Waals surface area contributed by atoms with Crippen LogP contribution in [0.2, 0.25) is 0 Å². The minimum absolute atomic E-state index is 0. The van der Waals surface area contributed by atoms with Crippen molar-refractivity contribution in [2.75, 3.05) is 13.1 Å². The highest BCUT2D eigenvalue weighted by atomic mass is 35.5. The molecule has 0 aromatic rings. The molecule has 1 aliphatic carbocycles. The fraction of sp³-hybridized carbons (Fsp3) is 0.929. The van der Waals surface area contributed by atoms with Crippen molar-refractivity contribution in [1.82, 2.24) is 10.2 Å². The van der Waals surface area contributed by atoms with Gasteiger partial charge in [-0.15, -0.1) is 12.4 Å². The van der Waals surface area contributed by atoms with E-state index in [9.17, 15) is 4.79 Å². The minimum Gasteiger partial charge on any atom is -0.352 e. The Labute approximate surface area is 122 Å². The number of hydrogen-bond acceptors (Lipinski definition) is 3. The molecule has 1 saturated carbocycles. The molecule has 1 saturated heterocycles. The third-order valence-corrected chi connectivity index (χ3v) is 4.54. The summed E-state index contributed by atoms with van der Waals surface area (Å²) in [5.41, 5.74) is 5.60. The Hall–Kier alpha value is -0.320. The zero-order valence-electron chi connectivity index (χ0n) is 12.2. The summed E-state index contributed by atoms with van der Waals surface area (Å²) in [6.07, 6.45) is 6.00. The molecule has 0 aromatic carbocycles. The van der Waals surface area contributed by atoms with Crippen molar-refractivity contribution in [3.63, 3.8) is 0 Å². The third-order valence-electron chi connectivity index (χ3n) is 4.54. The van der Waals surface area contributed by atoms with Gasteiger partial charge in [-0.2, -0.15) is 0 Å². The number of nitrogens with zero attached hydrogens (tertiary/aromatic N) is 1. The molecule has 2 rings (SSSR count). The fourth-order valence-electron chi connectivity index (χ4n) is 3.12. The molecule has 0 unspecified atom stereocenters. The van der Waals surface area contributed by atoms with E-state index in [0.29, 0.717) is 12.1 Å². The lowest BCUT2D eigenvalue weighted by Gasteiger charge is -2.36. The Morgan fingerprint density at radius 2 is 1.79 bits per heavy atom. The summed E-state index contributed by atoms with van der Waals surface area (Å²) in [6, 6.07) is 0.936. The zero-order chi connectivity index (χ0) is 13.2. The standard InChI is InChI=1S/C14H27N3O.ClH/c1-11(2)17-9-5-12(6-10-17)16-13(18)14(15)7-3-4-8-14;/h11-12H,3-10,15H2,1-2H3,(H,16,18);1H. The maximum absolute atomic E-state index is 12.2. The first-order valence-electron chi connectivity index (χ1n) is 7.35. The Kier molecular flexibility index (Phi) is 6.09. The molecule has 1 aliphatic heterocycles. The topological polar surface area (TPSA) is 58.4 Å². The number of nitrogens with one attached hydrogen (secondary N) is 1. The molecule has 112 valence electrons. The maximum atomic E-state index is 12.2. The number of carbonyl (C=O) groups excluding carboxylic acids is 1. The molecular weight excluding hydrogens is 262 g/mol. The number of hydrogen-bond donors (Lipinski definition) is 2. The highest BCUT2D eigenvalue weighted by Crippen LogP contribution is 2.27. The molecule has 1 heterocycles. The van der Waals surface area contributed by atoms with E-state index in [4.69, 9.17) is 5.73 Å². The van der Waals surface area contributed by atoms with Crippen LogP contribution in [0.4, 0.5) is 0 Å². The number of likely N-dealkylation sites (tertiary alicyclic amines) is 1. The van der Waals surface area contributed by atoms with E-state index < -0.39 is 5.54 Å². The van der Waals surface area contributed by atoms with Gasteiger partial charge in [-0.05, 0) is 39.5 Å². The monoisotopic (exact) mass is 289 g/mol. The lowest BCUT2D eigenvalue weighted by molar-refractivity contribution is -0.127. The summed E-state index contributed by atoms with van der Waals surface area (Å²) >= 11 is 0. The van der Waals surface area contributed by atoms with Crippen LogP contribution in [-0.4, -0.2) is 41.5 Å². The first kappa shape index (κ1) is 16.7. The Morgan fingerprint density at radius 1 is 1.26 bits per heavy atom. The van der Waals surface area contributed by atoms with Crippen LogP contribution in [0.1, 0.15) is 52.4 Å². The minimum atomic E-state index is -0.574. The van der Waals surface area contributed by atoms with E-state index in [-0.39, 0.29) is 18.3 Å². The van der Waals surface area contributed by atoms with Gasteiger partial charge in [-0.25, -0.2) is 0 Å². The summed E-state index contributed by atoms with van der Waals surface area (Å²) in [6.45, 7) is 6.62. The molecule has 0 aromatic heterocycles. The lowest BCUT2D eigenvalue weighted by atomic mass is 9.96. The van der Waals surface area contributed by atoms with Gasteiger partial charge in [0.15, 0.2) is 0 Å². The van der Waals surface area contributed by atoms with Gasteiger partial charge in [0.05, 0.1) is 5.54 Å². The molecule has 4 nitrogen and oxygen atoms in total. The van der Waals surface area contributed by atoms with Gasteiger partial charge >= 0.3 is 0 Å². The summed E-state index contributed by atoms with van der Waals surface area (Å²) in [5.74, 6) is 0.0861. The van der Waals surface area contributed by atoms with E-state index in [2.05, 4.69) is 24.1 Å². The first-order valence-corrected chi connectivity index (χ1v) is 7.35. The number of nitrogens with two attached hydrogens (primary N) is 1. The van der Waals surface area contributed by atoms with E-state index in [1.807, 2.05) is 0 Å². The molecule has 5 heteroatoms. The molecule has 2 fully saturated rings. The van der Waals surface area contributed by atoms with E-state index in [0.717, 1.165) is 51.6 Å². The predicted octanol–water partition coefficient (Wildman–Crippen LogP) is 1.67. The van der Waals surface area contributed by atoms with Crippen LogP contribution in [0.15, 0.2) is 0 Å². The van der Waals surface area contributed by atoms with Crippen molar-refractivity contribution >= 4 is 18.3 Å². The van der Waals surface area contributed by atoms with E-state index in [1.54, 1.807) is 0 Å². The summed E-state index contributed by atoms with van der Waals surface area (Å²) < 4.78 is 0. The van der Waals surface area contributed by atoms with Crippen LogP contribution in [0, 0.1) is 0 Å². The average molecular weight is 290 g/mol. The SMILES string of the molecule is CC(C)N1CCC(NC(=O)C2(N)CCCC2)CC1.Cl. The first-order chi connectivity index (χ1) is 8.51. The van der Waals surface area contributed by atoms with Crippen LogP contribution in [0.3, 0.4) is 0 Å². The van der Waals surface area contributed by atoms with Gasteiger partial charge in [0.2, 0.25) is 5.91 Å². The Balaban J connectivity index is 0.00000180. The van der Waals surface area contributed by atoms with Gasteiger partial charge in [-0.1, -0.05) is 12.8 Å². The normalized spacial score (nSPS) is 24.2. The smallest absolute Gasteiger partial charge is 0.240 e. The van der Waals surface area contributed by atoms with Crippen LogP contribution in [0.25, 0.3) is 0 Å². The molecule has 1 amide bonds. The second kappa shape index (κ2) is 6.91. The Morgan fingerprint density at radius 3 is 2.26 bits per heavy atom. The number of halogens is 1.